The zero-order valence-corrected chi connectivity index (χ0v) is 25.5. The Hall–Kier alpha value is -2.79. The van der Waals surface area contributed by atoms with E-state index in [4.69, 9.17) is 9.47 Å². The molecule has 1 saturated heterocycles. The van der Waals surface area contributed by atoms with Gasteiger partial charge in [-0.1, -0.05) is 59.8 Å². The van der Waals surface area contributed by atoms with Crippen molar-refractivity contribution in [3.8, 4) is 22.4 Å². The minimum atomic E-state index is -2.58. The third-order valence-corrected chi connectivity index (χ3v) is 6.94. The van der Waals surface area contributed by atoms with Gasteiger partial charge in [0.2, 0.25) is 5.79 Å². The summed E-state index contributed by atoms with van der Waals surface area (Å²) >= 11 is 0. The average Bonchev–Trinajstić information content (AvgIpc) is 3.49. The van der Waals surface area contributed by atoms with Crippen LogP contribution in [0.3, 0.4) is 0 Å². The molecule has 0 aliphatic carbocycles. The van der Waals surface area contributed by atoms with Gasteiger partial charge in [0.25, 0.3) is 5.91 Å². The van der Waals surface area contributed by atoms with Gasteiger partial charge in [-0.2, -0.15) is 0 Å². The topological polar surface area (TPSA) is 199 Å². The minimum absolute atomic E-state index is 0. The fourth-order valence-corrected chi connectivity index (χ4v) is 4.73. The van der Waals surface area contributed by atoms with Gasteiger partial charge in [0.05, 0.1) is 31.6 Å². The number of hydrogen-bond donors (Lipinski definition) is 5. The molecule has 1 aliphatic heterocycles. The minimum Gasteiger partial charge on any atom is -0.544 e. The van der Waals surface area contributed by atoms with Crippen LogP contribution in [-0.4, -0.2) is 103 Å². The quantitative estimate of drug-likeness (QED) is 0.0929. The molecule has 1 aliphatic rings. The molecule has 1 amide bonds. The molecular weight excluding hydrogens is 578 g/mol. The summed E-state index contributed by atoms with van der Waals surface area (Å²) in [7, 11) is 0. The second-order valence-electron chi connectivity index (χ2n) is 9.87. The first-order valence-electron chi connectivity index (χ1n) is 13.3. The van der Waals surface area contributed by atoms with E-state index >= 15 is 0 Å². The van der Waals surface area contributed by atoms with Crippen LogP contribution in [0.25, 0.3) is 22.4 Å². The number of aromatic nitrogens is 3. The molecule has 1 fully saturated rings. The second kappa shape index (κ2) is 15.8. The van der Waals surface area contributed by atoms with Crippen LogP contribution in [0.5, 0.6) is 0 Å². The summed E-state index contributed by atoms with van der Waals surface area (Å²) in [6.45, 7) is -2.36. The molecule has 6 atom stereocenters. The standard InChI is InChI=1S/C28H33FN4O9.Na/c29-14-23(37)30-24-21(35)13-28(27(39)40,42-26(24)25(38)22(36)16-34)41-12-4-11-33-15-20(31-32-33)19-9-7-18(8-10-19)17-5-2-1-3-6-17;/h1-3,5-10,15,21-22,24-26,34-36,38H,4,11-14,16H2,(H,30,37)(H,39,40);/q;+1/p-1/t21-,22+,24+,25+,26+,28+;/m0./s1. The number of ether oxygens (including phenoxy) is 2. The Balaban J connectivity index is 0.00000506. The second-order valence-corrected chi connectivity index (χ2v) is 9.87. The van der Waals surface area contributed by atoms with Crippen molar-refractivity contribution in [3.05, 3.63) is 60.8 Å². The zero-order valence-electron chi connectivity index (χ0n) is 23.5. The third-order valence-electron chi connectivity index (χ3n) is 6.94. The van der Waals surface area contributed by atoms with Crippen molar-refractivity contribution in [2.75, 3.05) is 19.9 Å². The van der Waals surface area contributed by atoms with Gasteiger partial charge in [0.1, 0.15) is 30.0 Å². The van der Waals surface area contributed by atoms with Crippen molar-refractivity contribution in [2.24, 2.45) is 0 Å². The molecule has 0 radical (unpaired) electrons. The number of rotatable bonds is 13. The van der Waals surface area contributed by atoms with E-state index in [-0.39, 0.29) is 49.1 Å². The van der Waals surface area contributed by atoms with Crippen molar-refractivity contribution >= 4 is 11.9 Å². The first-order chi connectivity index (χ1) is 20.2. The Morgan fingerprint density at radius 1 is 1.14 bits per heavy atom. The molecule has 0 spiro atoms. The number of aliphatic hydroxyl groups is 4. The van der Waals surface area contributed by atoms with Crippen molar-refractivity contribution in [1.82, 2.24) is 20.3 Å². The van der Waals surface area contributed by atoms with Crippen LogP contribution in [0.1, 0.15) is 12.8 Å². The van der Waals surface area contributed by atoms with Crippen LogP contribution in [-0.2, 0) is 25.6 Å². The molecule has 2 heterocycles. The molecular formula is C28H32FN4NaO9. The normalized spacial score (nSPS) is 23.1. The molecule has 0 bridgehead atoms. The Labute approximate surface area is 268 Å². The smallest absolute Gasteiger partial charge is 0.544 e. The first-order valence-corrected chi connectivity index (χ1v) is 13.3. The van der Waals surface area contributed by atoms with Crippen molar-refractivity contribution in [1.29, 1.82) is 0 Å². The van der Waals surface area contributed by atoms with Crippen LogP contribution >= 0.6 is 0 Å². The fourth-order valence-electron chi connectivity index (χ4n) is 4.73. The number of aryl methyl sites for hydroxylation is 1. The molecule has 5 N–H and O–H groups in total. The predicted octanol–water partition coefficient (Wildman–Crippen LogP) is -4.21. The van der Waals surface area contributed by atoms with Crippen LogP contribution in [0, 0.1) is 0 Å². The molecule has 1 aromatic heterocycles. The fraction of sp³-hybridized carbons (Fsp3) is 0.429. The van der Waals surface area contributed by atoms with Crippen molar-refractivity contribution in [2.45, 2.75) is 55.6 Å². The summed E-state index contributed by atoms with van der Waals surface area (Å²) in [5.74, 6) is -5.63. The van der Waals surface area contributed by atoms with Crippen LogP contribution in [0.2, 0.25) is 0 Å². The molecule has 2 aromatic carbocycles. The molecule has 226 valence electrons. The number of carboxylic acids is 1. The molecule has 13 nitrogen and oxygen atoms in total. The molecule has 15 heteroatoms. The van der Waals surface area contributed by atoms with E-state index in [0.29, 0.717) is 5.69 Å². The number of amides is 1. The SMILES string of the molecule is O=C(CF)N[C@H]1[C@H]([C@H](O)[C@H](O)CO)O[C@@](OCCCn2cc(-c3ccc(-c4ccccc4)cc3)nn2)(C(=O)[O-])C[C@@H]1O.[Na+]. The first kappa shape index (κ1) is 34.7. The Morgan fingerprint density at radius 2 is 1.79 bits per heavy atom. The van der Waals surface area contributed by atoms with Gasteiger partial charge in [-0.05, 0) is 17.5 Å². The molecule has 0 unspecified atom stereocenters. The van der Waals surface area contributed by atoms with Gasteiger partial charge in [0, 0.05) is 18.5 Å². The number of halogens is 1. The summed E-state index contributed by atoms with van der Waals surface area (Å²) in [6, 6.07) is 16.2. The number of aliphatic hydroxyl groups excluding tert-OH is 4. The number of alkyl halides is 1. The van der Waals surface area contributed by atoms with Crippen LogP contribution in [0.4, 0.5) is 4.39 Å². The van der Waals surface area contributed by atoms with E-state index < -0.39 is 67.8 Å². The predicted molar refractivity (Wildman–Crippen MR) is 142 cm³/mol. The molecule has 3 aromatic rings. The van der Waals surface area contributed by atoms with E-state index in [1.54, 1.807) is 10.9 Å². The molecule has 4 rings (SSSR count). The van der Waals surface area contributed by atoms with Gasteiger partial charge < -0.3 is 45.1 Å². The van der Waals surface area contributed by atoms with Crippen molar-refractivity contribution < 1.29 is 78.5 Å². The van der Waals surface area contributed by atoms with Crippen molar-refractivity contribution in [3.63, 3.8) is 0 Å². The summed E-state index contributed by atoms with van der Waals surface area (Å²) in [5.41, 5.74) is 3.61. The number of nitrogens with zero attached hydrogens (tertiary/aromatic N) is 3. The van der Waals surface area contributed by atoms with Gasteiger partial charge in [0.15, 0.2) is 6.67 Å². The monoisotopic (exact) mass is 610 g/mol. The summed E-state index contributed by atoms with van der Waals surface area (Å²) in [5, 5.41) is 62.7. The number of carbonyl (C=O) groups excluding carboxylic acids is 2. The third kappa shape index (κ3) is 8.44. The van der Waals surface area contributed by atoms with Gasteiger partial charge in [-0.3, -0.25) is 9.48 Å². The molecule has 43 heavy (non-hydrogen) atoms. The Bertz CT molecular complexity index is 1330. The van der Waals surface area contributed by atoms with Gasteiger partial charge in [-0.25, -0.2) is 4.39 Å². The number of nitrogens with one attached hydrogen (secondary N) is 1. The number of hydrogen-bond acceptors (Lipinski definition) is 11. The van der Waals surface area contributed by atoms with E-state index in [9.17, 15) is 39.5 Å². The van der Waals surface area contributed by atoms with E-state index in [1.807, 2.05) is 54.6 Å². The summed E-state index contributed by atoms with van der Waals surface area (Å²) < 4.78 is 25.3. The maximum Gasteiger partial charge on any atom is 1.00 e. The zero-order chi connectivity index (χ0) is 30.3. The number of carbonyl (C=O) groups is 2. The Morgan fingerprint density at radius 3 is 2.42 bits per heavy atom. The summed E-state index contributed by atoms with van der Waals surface area (Å²) in [6.07, 6.45) is -6.11. The Kier molecular flexibility index (Phi) is 12.7. The summed E-state index contributed by atoms with van der Waals surface area (Å²) in [4.78, 5) is 23.7. The number of benzene rings is 2. The maximum atomic E-state index is 12.8. The van der Waals surface area contributed by atoms with E-state index in [1.165, 1.54) is 0 Å². The van der Waals surface area contributed by atoms with E-state index in [0.717, 1.165) is 16.7 Å². The van der Waals surface area contributed by atoms with Crippen LogP contribution in [0.15, 0.2) is 60.8 Å². The molecule has 0 saturated carbocycles. The van der Waals surface area contributed by atoms with Crippen LogP contribution < -0.4 is 40.0 Å². The largest absolute Gasteiger partial charge is 1.00 e. The maximum absolute atomic E-state index is 12.8. The number of carboxylic acid groups (broad SMARTS) is 1. The van der Waals surface area contributed by atoms with Gasteiger partial charge >= 0.3 is 29.6 Å². The van der Waals surface area contributed by atoms with Gasteiger partial charge in [-0.15, -0.1) is 5.10 Å². The average molecular weight is 611 g/mol. The van der Waals surface area contributed by atoms with E-state index in [2.05, 4.69) is 15.6 Å². The number of aliphatic carboxylic acids is 1.